The average Bonchev–Trinajstić information content (AvgIpc) is 2.85. The van der Waals surface area contributed by atoms with E-state index in [9.17, 15) is 5.11 Å². The number of aliphatic hydroxyl groups excluding tert-OH is 1. The lowest BCUT2D eigenvalue weighted by Gasteiger charge is -2.35. The van der Waals surface area contributed by atoms with Crippen LogP contribution in [0.25, 0.3) is 0 Å². The van der Waals surface area contributed by atoms with Crippen LogP contribution >= 0.6 is 7.26 Å². The average molecular weight is 562 g/mol. The number of allylic oxidation sites excluding steroid dienone is 5. The third kappa shape index (κ3) is 6.17. The van der Waals surface area contributed by atoms with Crippen molar-refractivity contribution in [3.63, 3.8) is 0 Å². The summed E-state index contributed by atoms with van der Waals surface area (Å²) in [6, 6.07) is 33.1. The molecule has 0 saturated carbocycles. The van der Waals surface area contributed by atoms with Gasteiger partial charge in [0.1, 0.15) is 23.2 Å². The van der Waals surface area contributed by atoms with E-state index in [1.54, 1.807) is 0 Å². The lowest BCUT2D eigenvalue weighted by Crippen LogP contribution is -3.00. The lowest BCUT2D eigenvalue weighted by atomic mass is 9.71. The van der Waals surface area contributed by atoms with Gasteiger partial charge in [0, 0.05) is 0 Å². The van der Waals surface area contributed by atoms with Crippen LogP contribution in [0.2, 0.25) is 0 Å². The minimum absolute atomic E-state index is 0. The van der Waals surface area contributed by atoms with E-state index in [1.165, 1.54) is 32.6 Å². The first-order chi connectivity index (χ1) is 16.8. The first-order valence-electron chi connectivity index (χ1n) is 12.6. The zero-order chi connectivity index (χ0) is 24.9. The third-order valence-corrected chi connectivity index (χ3v) is 11.5. The quantitative estimate of drug-likeness (QED) is 0.342. The van der Waals surface area contributed by atoms with Gasteiger partial charge < -0.3 is 22.1 Å². The Morgan fingerprint density at radius 2 is 1.31 bits per heavy atom. The van der Waals surface area contributed by atoms with Gasteiger partial charge in [0.2, 0.25) is 0 Å². The number of hydrogen-bond donors (Lipinski definition) is 1. The molecule has 1 nitrogen and oxygen atoms in total. The first kappa shape index (κ1) is 28.3. The molecule has 1 aliphatic carbocycles. The Balaban J connectivity index is 0.00000361. The molecule has 0 bridgehead atoms. The van der Waals surface area contributed by atoms with Gasteiger partial charge in [0.05, 0.1) is 12.3 Å². The van der Waals surface area contributed by atoms with Gasteiger partial charge in [-0.15, -0.1) is 0 Å². The normalized spacial score (nSPS) is 18.2. The summed E-state index contributed by atoms with van der Waals surface area (Å²) in [4.78, 5) is 0. The zero-order valence-electron chi connectivity index (χ0n) is 21.9. The second kappa shape index (κ2) is 12.3. The summed E-state index contributed by atoms with van der Waals surface area (Å²) >= 11 is 0. The molecule has 36 heavy (non-hydrogen) atoms. The van der Waals surface area contributed by atoms with Crippen molar-refractivity contribution >= 4 is 23.2 Å². The Morgan fingerprint density at radius 1 is 0.861 bits per heavy atom. The molecule has 0 saturated heterocycles. The Labute approximate surface area is 228 Å². The van der Waals surface area contributed by atoms with Crippen LogP contribution in [0.1, 0.15) is 40.5 Å². The number of rotatable bonds is 7. The summed E-state index contributed by atoms with van der Waals surface area (Å²) in [5, 5.41) is 14.5. The Hall–Kier alpha value is -2.25. The molecule has 188 valence electrons. The molecule has 0 fully saturated rings. The second-order valence-electron chi connectivity index (χ2n) is 10.4. The van der Waals surface area contributed by atoms with E-state index in [0.717, 1.165) is 19.0 Å². The number of aliphatic hydroxyl groups is 1. The third-order valence-electron chi connectivity index (χ3n) is 7.27. The largest absolute Gasteiger partial charge is 1.00 e. The van der Waals surface area contributed by atoms with Gasteiger partial charge in [-0.1, -0.05) is 91.7 Å². The van der Waals surface area contributed by atoms with Crippen molar-refractivity contribution in [1.82, 2.24) is 0 Å². The maximum absolute atomic E-state index is 10.2. The molecule has 0 heterocycles. The highest BCUT2D eigenvalue weighted by Crippen LogP contribution is 2.55. The van der Waals surface area contributed by atoms with E-state index in [0.29, 0.717) is 0 Å². The molecule has 1 N–H and O–H groups in total. The number of benzene rings is 3. The predicted molar refractivity (Wildman–Crippen MR) is 155 cm³/mol. The molecule has 0 spiro atoms. The number of hydrogen-bond acceptors (Lipinski definition) is 1. The molecule has 3 aromatic rings. The van der Waals surface area contributed by atoms with Gasteiger partial charge in [0.25, 0.3) is 0 Å². The predicted octanol–water partition coefficient (Wildman–Crippen LogP) is 3.98. The van der Waals surface area contributed by atoms with Crippen LogP contribution in [0.3, 0.4) is 0 Å². The van der Waals surface area contributed by atoms with Gasteiger partial charge in [-0.2, -0.15) is 0 Å². The molecule has 0 radical (unpaired) electrons. The maximum Gasteiger partial charge on any atom is 0.115 e. The van der Waals surface area contributed by atoms with E-state index in [-0.39, 0.29) is 28.5 Å². The zero-order valence-corrected chi connectivity index (χ0v) is 24.3. The molecule has 0 aliphatic heterocycles. The van der Waals surface area contributed by atoms with Crippen LogP contribution in [0.4, 0.5) is 0 Å². The number of halogens is 1. The lowest BCUT2D eigenvalue weighted by molar-refractivity contribution is -0.0000117. The van der Waals surface area contributed by atoms with Crippen molar-refractivity contribution in [2.24, 2.45) is 5.41 Å². The van der Waals surface area contributed by atoms with Crippen LogP contribution in [-0.2, 0) is 0 Å². The first-order valence-corrected chi connectivity index (χ1v) is 14.6. The van der Waals surface area contributed by atoms with Crippen molar-refractivity contribution in [1.29, 1.82) is 0 Å². The Bertz CT molecular complexity index is 1110. The maximum atomic E-state index is 10.2. The fourth-order valence-electron chi connectivity index (χ4n) is 5.55. The standard InChI is InChI=1S/C33H38OP.BrH/c1-26(20-21-32-27(2)24-28(34)25-33(32,3)4)22-23-35(29-14-8-5-9-15-29,30-16-10-6-11-17-30)31-18-12-7-13-19-31;/h5-22,28,34H,23-25H2,1-4H3;1H/q+1;/p-1/t28-;/m1./s1. The van der Waals surface area contributed by atoms with Crippen LogP contribution in [0, 0.1) is 5.41 Å². The van der Waals surface area contributed by atoms with Crippen LogP contribution in [-0.4, -0.2) is 17.4 Å². The van der Waals surface area contributed by atoms with Crippen molar-refractivity contribution in [3.05, 3.63) is 126 Å². The van der Waals surface area contributed by atoms with E-state index < -0.39 is 7.26 Å². The van der Waals surface area contributed by atoms with Gasteiger partial charge >= 0.3 is 0 Å². The van der Waals surface area contributed by atoms with Crippen LogP contribution < -0.4 is 32.9 Å². The van der Waals surface area contributed by atoms with Gasteiger partial charge in [-0.3, -0.25) is 0 Å². The molecule has 0 unspecified atom stereocenters. The molecule has 3 heteroatoms. The smallest absolute Gasteiger partial charge is 0.115 e. The summed E-state index contributed by atoms with van der Waals surface area (Å²) in [5.41, 5.74) is 3.94. The van der Waals surface area contributed by atoms with Crippen LogP contribution in [0.15, 0.2) is 126 Å². The SMILES string of the molecule is CC(C=CC1=C(C)C[C@@H](O)CC1(C)C)=CC[P+](c1ccccc1)(c1ccccc1)c1ccccc1.[Br-]. The van der Waals surface area contributed by atoms with E-state index >= 15 is 0 Å². The highest BCUT2D eigenvalue weighted by molar-refractivity contribution is 7.95. The van der Waals surface area contributed by atoms with Gasteiger partial charge in [-0.05, 0) is 80.2 Å². The molecular weight excluding hydrogens is 523 g/mol. The molecule has 4 rings (SSSR count). The highest BCUT2D eigenvalue weighted by Gasteiger charge is 2.44. The van der Waals surface area contributed by atoms with E-state index in [2.05, 4.69) is 137 Å². The van der Waals surface area contributed by atoms with Gasteiger partial charge in [0.15, 0.2) is 0 Å². The molecule has 1 aliphatic rings. The topological polar surface area (TPSA) is 20.2 Å². The molecule has 3 aromatic carbocycles. The molecule has 0 amide bonds. The van der Waals surface area contributed by atoms with Crippen molar-refractivity contribution in [2.45, 2.75) is 46.6 Å². The summed E-state index contributed by atoms with van der Waals surface area (Å²) in [6.07, 6.45) is 9.33. The minimum atomic E-state index is -1.86. The fourth-order valence-corrected chi connectivity index (χ4v) is 9.69. The Kier molecular flexibility index (Phi) is 9.70. The van der Waals surface area contributed by atoms with E-state index in [1.807, 2.05) is 0 Å². The Morgan fingerprint density at radius 3 is 1.72 bits per heavy atom. The van der Waals surface area contributed by atoms with Gasteiger partial charge in [-0.25, -0.2) is 0 Å². The summed E-state index contributed by atoms with van der Waals surface area (Å²) in [6.45, 7) is 8.87. The molecular formula is C33H38BrOP. The van der Waals surface area contributed by atoms with Crippen molar-refractivity contribution in [3.8, 4) is 0 Å². The molecule has 0 aromatic heterocycles. The summed E-state index contributed by atoms with van der Waals surface area (Å²) < 4.78 is 0. The highest BCUT2D eigenvalue weighted by atomic mass is 79.9. The minimum Gasteiger partial charge on any atom is -1.00 e. The van der Waals surface area contributed by atoms with E-state index in [4.69, 9.17) is 0 Å². The molecule has 1 atom stereocenters. The van der Waals surface area contributed by atoms with Crippen molar-refractivity contribution in [2.75, 3.05) is 6.16 Å². The fraction of sp³-hybridized carbons (Fsp3) is 0.273. The monoisotopic (exact) mass is 560 g/mol. The van der Waals surface area contributed by atoms with Crippen LogP contribution in [0.5, 0.6) is 0 Å². The summed E-state index contributed by atoms with van der Waals surface area (Å²) in [7, 11) is -1.86. The second-order valence-corrected chi connectivity index (χ2v) is 14.0. The van der Waals surface area contributed by atoms with Crippen molar-refractivity contribution < 1.29 is 22.1 Å². The summed E-state index contributed by atoms with van der Waals surface area (Å²) in [5.74, 6) is 0.